The summed E-state index contributed by atoms with van der Waals surface area (Å²) in [5.41, 5.74) is -0.0579. The summed E-state index contributed by atoms with van der Waals surface area (Å²) in [7, 11) is 0. The maximum atomic E-state index is 13.8. The highest BCUT2D eigenvalue weighted by Crippen LogP contribution is 2.25. The van der Waals surface area contributed by atoms with E-state index in [1.165, 1.54) is 6.92 Å². The molecular formula is C18H17F5N2O4. The zero-order chi connectivity index (χ0) is 21.6. The van der Waals surface area contributed by atoms with Gasteiger partial charge in [-0.25, -0.2) is 13.8 Å². The fourth-order valence-corrected chi connectivity index (χ4v) is 2.42. The van der Waals surface area contributed by atoms with Gasteiger partial charge in [0.1, 0.15) is 24.7 Å². The normalized spacial score (nSPS) is 11.4. The number of benzene rings is 1. The number of carbonyl (C=O) groups excluding carboxylic acids is 2. The molecular weight excluding hydrogens is 403 g/mol. The van der Waals surface area contributed by atoms with Gasteiger partial charge < -0.3 is 14.1 Å². The van der Waals surface area contributed by atoms with Crippen molar-refractivity contribution in [2.24, 2.45) is 0 Å². The summed E-state index contributed by atoms with van der Waals surface area (Å²) in [4.78, 5) is 27.8. The first-order chi connectivity index (χ1) is 13.6. The van der Waals surface area contributed by atoms with Gasteiger partial charge in [-0.1, -0.05) is 0 Å². The lowest BCUT2D eigenvalue weighted by Gasteiger charge is -2.22. The molecule has 0 aliphatic heterocycles. The number of amides is 1. The van der Waals surface area contributed by atoms with Gasteiger partial charge in [0, 0.05) is 18.9 Å². The SMILES string of the molecule is CCOC(=O)CN(CC(F)(F)F)C(=O)CCc1ncc(-c2ccc(F)cc2F)o1. The highest BCUT2D eigenvalue weighted by Gasteiger charge is 2.34. The zero-order valence-corrected chi connectivity index (χ0v) is 15.3. The van der Waals surface area contributed by atoms with Gasteiger partial charge in [0.2, 0.25) is 5.91 Å². The van der Waals surface area contributed by atoms with Crippen LogP contribution in [0.4, 0.5) is 22.0 Å². The molecule has 0 saturated heterocycles. The van der Waals surface area contributed by atoms with E-state index < -0.39 is 49.2 Å². The Hall–Kier alpha value is -2.98. The Balaban J connectivity index is 2.03. The molecule has 1 aromatic heterocycles. The van der Waals surface area contributed by atoms with Crippen LogP contribution in [-0.2, 0) is 20.7 Å². The van der Waals surface area contributed by atoms with Gasteiger partial charge in [-0.15, -0.1) is 0 Å². The molecule has 0 bridgehead atoms. The molecule has 6 nitrogen and oxygen atoms in total. The molecule has 0 saturated carbocycles. The minimum absolute atomic E-state index is 0.0244. The molecule has 0 spiro atoms. The quantitative estimate of drug-likeness (QED) is 0.483. The van der Waals surface area contributed by atoms with E-state index in [0.717, 1.165) is 18.3 Å². The number of halogens is 5. The van der Waals surface area contributed by atoms with Crippen LogP contribution >= 0.6 is 0 Å². The second kappa shape index (κ2) is 9.48. The third-order valence-corrected chi connectivity index (χ3v) is 3.65. The fraction of sp³-hybridized carbons (Fsp3) is 0.389. The Morgan fingerprint density at radius 3 is 2.59 bits per heavy atom. The molecule has 1 heterocycles. The number of aryl methyl sites for hydroxylation is 1. The van der Waals surface area contributed by atoms with Crippen molar-refractivity contribution in [2.45, 2.75) is 25.9 Å². The number of rotatable bonds is 8. The van der Waals surface area contributed by atoms with Crippen LogP contribution in [0.5, 0.6) is 0 Å². The predicted octanol–water partition coefficient (Wildman–Crippen LogP) is 3.51. The first-order valence-corrected chi connectivity index (χ1v) is 8.49. The topological polar surface area (TPSA) is 72.6 Å². The third-order valence-electron chi connectivity index (χ3n) is 3.65. The lowest BCUT2D eigenvalue weighted by molar-refractivity contribution is -0.167. The highest BCUT2D eigenvalue weighted by atomic mass is 19.4. The van der Waals surface area contributed by atoms with Crippen LogP contribution in [-0.4, -0.2) is 47.6 Å². The summed E-state index contributed by atoms with van der Waals surface area (Å²) in [6.45, 7) is -1.00. The van der Waals surface area contributed by atoms with Gasteiger partial charge in [-0.05, 0) is 19.1 Å². The molecule has 0 aliphatic carbocycles. The van der Waals surface area contributed by atoms with Gasteiger partial charge in [-0.3, -0.25) is 9.59 Å². The van der Waals surface area contributed by atoms with Gasteiger partial charge in [-0.2, -0.15) is 13.2 Å². The molecule has 1 aromatic carbocycles. The van der Waals surface area contributed by atoms with Crippen LogP contribution in [0.25, 0.3) is 11.3 Å². The molecule has 0 radical (unpaired) electrons. The number of nitrogens with zero attached hydrogens (tertiary/aromatic N) is 2. The average Bonchev–Trinajstić information content (AvgIpc) is 3.06. The minimum atomic E-state index is -4.70. The predicted molar refractivity (Wildman–Crippen MR) is 89.4 cm³/mol. The number of aromatic nitrogens is 1. The van der Waals surface area contributed by atoms with Crippen LogP contribution in [0.1, 0.15) is 19.2 Å². The maximum absolute atomic E-state index is 13.8. The van der Waals surface area contributed by atoms with Crippen molar-refractivity contribution >= 4 is 11.9 Å². The molecule has 0 N–H and O–H groups in total. The maximum Gasteiger partial charge on any atom is 0.406 e. The molecule has 1 amide bonds. The van der Waals surface area contributed by atoms with Crippen molar-refractivity contribution < 1.29 is 40.7 Å². The monoisotopic (exact) mass is 420 g/mol. The smallest absolute Gasteiger partial charge is 0.406 e. The molecule has 0 atom stereocenters. The summed E-state index contributed by atoms with van der Waals surface area (Å²) in [6.07, 6.45) is -4.15. The van der Waals surface area contributed by atoms with Crippen molar-refractivity contribution in [2.75, 3.05) is 19.7 Å². The van der Waals surface area contributed by atoms with Crippen LogP contribution in [0.15, 0.2) is 28.8 Å². The number of carbonyl (C=O) groups is 2. The van der Waals surface area contributed by atoms with Gasteiger partial charge >= 0.3 is 12.1 Å². The van der Waals surface area contributed by atoms with Gasteiger partial charge in [0.05, 0.1) is 18.4 Å². The second-order valence-corrected chi connectivity index (χ2v) is 5.91. The Morgan fingerprint density at radius 1 is 1.24 bits per heavy atom. The number of oxazole rings is 1. The Morgan fingerprint density at radius 2 is 1.97 bits per heavy atom. The second-order valence-electron chi connectivity index (χ2n) is 5.91. The van der Waals surface area contributed by atoms with E-state index in [2.05, 4.69) is 9.72 Å². The van der Waals surface area contributed by atoms with Crippen LogP contribution in [0, 0.1) is 11.6 Å². The number of alkyl halides is 3. The third kappa shape index (κ3) is 6.84. The van der Waals surface area contributed by atoms with Crippen molar-refractivity contribution in [1.29, 1.82) is 0 Å². The minimum Gasteiger partial charge on any atom is -0.465 e. The fourth-order valence-electron chi connectivity index (χ4n) is 2.42. The summed E-state index contributed by atoms with van der Waals surface area (Å²) < 4.78 is 74.6. The highest BCUT2D eigenvalue weighted by molar-refractivity contribution is 5.82. The molecule has 11 heteroatoms. The zero-order valence-electron chi connectivity index (χ0n) is 15.3. The van der Waals surface area contributed by atoms with Crippen molar-refractivity contribution in [1.82, 2.24) is 9.88 Å². The molecule has 2 aromatic rings. The summed E-state index contributed by atoms with van der Waals surface area (Å²) >= 11 is 0. The number of ether oxygens (including phenoxy) is 1. The van der Waals surface area contributed by atoms with Crippen LogP contribution in [0.2, 0.25) is 0 Å². The molecule has 29 heavy (non-hydrogen) atoms. The van der Waals surface area contributed by atoms with E-state index in [1.54, 1.807) is 0 Å². The molecule has 158 valence electrons. The van der Waals surface area contributed by atoms with E-state index in [9.17, 15) is 31.5 Å². The Kier molecular flexibility index (Phi) is 7.29. The molecule has 2 rings (SSSR count). The van der Waals surface area contributed by atoms with E-state index in [-0.39, 0.29) is 30.2 Å². The van der Waals surface area contributed by atoms with Gasteiger partial charge in [0.25, 0.3) is 0 Å². The van der Waals surface area contributed by atoms with E-state index in [1.807, 2.05) is 0 Å². The van der Waals surface area contributed by atoms with E-state index in [4.69, 9.17) is 4.42 Å². The Labute approximate surface area is 162 Å². The van der Waals surface area contributed by atoms with Crippen LogP contribution in [0.3, 0.4) is 0 Å². The Bertz CT molecular complexity index is 866. The van der Waals surface area contributed by atoms with Gasteiger partial charge in [0.15, 0.2) is 11.7 Å². The summed E-state index contributed by atoms with van der Waals surface area (Å²) in [6, 6.07) is 2.82. The van der Waals surface area contributed by atoms with Crippen molar-refractivity contribution in [3.05, 3.63) is 41.9 Å². The first-order valence-electron chi connectivity index (χ1n) is 8.49. The van der Waals surface area contributed by atoms with Crippen molar-refractivity contribution in [3.8, 4) is 11.3 Å². The van der Waals surface area contributed by atoms with Crippen LogP contribution < -0.4 is 0 Å². The number of esters is 1. The van der Waals surface area contributed by atoms with E-state index in [0.29, 0.717) is 11.0 Å². The molecule has 0 aliphatic rings. The standard InChI is InChI=1S/C18H17F5N2O4/c1-2-28-17(27)9-25(10-18(21,22)23)16(26)6-5-15-24-8-14(29-15)12-4-3-11(19)7-13(12)20/h3-4,7-8H,2,5-6,9-10H2,1H3. The first kappa shape index (κ1) is 22.3. The molecule has 0 fully saturated rings. The summed E-state index contributed by atoms with van der Waals surface area (Å²) in [5, 5.41) is 0. The number of hydrogen-bond donors (Lipinski definition) is 0. The largest absolute Gasteiger partial charge is 0.465 e. The lowest BCUT2D eigenvalue weighted by Crippen LogP contribution is -2.42. The van der Waals surface area contributed by atoms with E-state index >= 15 is 0 Å². The molecule has 0 unspecified atom stereocenters. The number of hydrogen-bond acceptors (Lipinski definition) is 5. The van der Waals surface area contributed by atoms with Crippen molar-refractivity contribution in [3.63, 3.8) is 0 Å². The lowest BCUT2D eigenvalue weighted by atomic mass is 10.2. The average molecular weight is 420 g/mol. The summed E-state index contributed by atoms with van der Waals surface area (Å²) in [5.74, 6) is -3.63.